The summed E-state index contributed by atoms with van der Waals surface area (Å²) in [6, 6.07) is 4.09. The lowest BCUT2D eigenvalue weighted by Crippen LogP contribution is -2.42. The van der Waals surface area contributed by atoms with E-state index in [1.807, 2.05) is 6.92 Å². The largest absolute Gasteiger partial charge is 0.416 e. The molecule has 3 N–H and O–H groups in total. The summed E-state index contributed by atoms with van der Waals surface area (Å²) >= 11 is 0. The van der Waals surface area contributed by atoms with Gasteiger partial charge in [-0.1, -0.05) is 0 Å². The Balaban J connectivity index is 2.28. The standard InChI is InChI=1S/C17H25F3N4O2/c1-3-26-12-4-9-23-16(21-2)24-11-10-22-15(25)13-5-7-14(8-6-13)17(18,19)20/h5-8H,3-4,9-12H2,1-2H3,(H,22,25)(H2,21,23,24). The molecule has 1 aromatic rings. The average molecular weight is 374 g/mol. The molecule has 1 aromatic carbocycles. The van der Waals surface area contributed by atoms with Crippen molar-refractivity contribution in [1.29, 1.82) is 0 Å². The highest BCUT2D eigenvalue weighted by atomic mass is 19.4. The van der Waals surface area contributed by atoms with Crippen LogP contribution in [0.2, 0.25) is 0 Å². The molecule has 0 aliphatic rings. The van der Waals surface area contributed by atoms with Crippen LogP contribution in [-0.4, -0.2) is 51.8 Å². The third-order valence-electron chi connectivity index (χ3n) is 3.36. The highest BCUT2D eigenvalue weighted by Crippen LogP contribution is 2.28. The molecule has 6 nitrogen and oxygen atoms in total. The number of carbonyl (C=O) groups is 1. The summed E-state index contributed by atoms with van der Waals surface area (Å²) in [4.78, 5) is 16.0. The van der Waals surface area contributed by atoms with E-state index in [0.717, 1.165) is 30.7 Å². The summed E-state index contributed by atoms with van der Waals surface area (Å²) in [7, 11) is 1.64. The van der Waals surface area contributed by atoms with Gasteiger partial charge < -0.3 is 20.7 Å². The molecule has 0 unspecified atom stereocenters. The molecule has 0 atom stereocenters. The van der Waals surface area contributed by atoms with Gasteiger partial charge in [-0.15, -0.1) is 0 Å². The van der Waals surface area contributed by atoms with E-state index in [1.54, 1.807) is 7.05 Å². The predicted molar refractivity (Wildman–Crippen MR) is 94.3 cm³/mol. The van der Waals surface area contributed by atoms with Crippen LogP contribution in [0, 0.1) is 0 Å². The predicted octanol–water partition coefficient (Wildman–Crippen LogP) is 2.03. The van der Waals surface area contributed by atoms with Gasteiger partial charge in [0.2, 0.25) is 0 Å². The second-order valence-electron chi connectivity index (χ2n) is 5.31. The number of carbonyl (C=O) groups excluding carboxylic acids is 1. The molecule has 1 rings (SSSR count). The highest BCUT2D eigenvalue weighted by molar-refractivity contribution is 5.94. The summed E-state index contributed by atoms with van der Waals surface area (Å²) in [5, 5.41) is 8.77. The van der Waals surface area contributed by atoms with Crippen LogP contribution in [0.5, 0.6) is 0 Å². The van der Waals surface area contributed by atoms with Crippen LogP contribution in [0.15, 0.2) is 29.3 Å². The van der Waals surface area contributed by atoms with E-state index in [0.29, 0.717) is 38.8 Å². The van der Waals surface area contributed by atoms with Gasteiger partial charge in [0, 0.05) is 45.5 Å². The van der Waals surface area contributed by atoms with Crippen LogP contribution in [0.3, 0.4) is 0 Å². The lowest BCUT2D eigenvalue weighted by molar-refractivity contribution is -0.137. The zero-order valence-electron chi connectivity index (χ0n) is 14.9. The number of nitrogens with one attached hydrogen (secondary N) is 3. The van der Waals surface area contributed by atoms with Crippen molar-refractivity contribution in [2.24, 2.45) is 4.99 Å². The normalized spacial score (nSPS) is 12.0. The molecule has 0 aromatic heterocycles. The number of alkyl halides is 3. The summed E-state index contributed by atoms with van der Waals surface area (Å²) in [5.41, 5.74) is -0.605. The molecule has 0 radical (unpaired) electrons. The second-order valence-corrected chi connectivity index (χ2v) is 5.31. The Morgan fingerprint density at radius 1 is 1.08 bits per heavy atom. The fraction of sp³-hybridized carbons (Fsp3) is 0.529. The Hall–Kier alpha value is -2.29. The van der Waals surface area contributed by atoms with Crippen molar-refractivity contribution in [2.75, 3.05) is 39.9 Å². The minimum Gasteiger partial charge on any atom is -0.382 e. The number of guanidine groups is 1. The lowest BCUT2D eigenvalue weighted by atomic mass is 10.1. The van der Waals surface area contributed by atoms with Crippen molar-refractivity contribution >= 4 is 11.9 Å². The number of rotatable bonds is 9. The topological polar surface area (TPSA) is 74.8 Å². The number of aliphatic imine (C=N–C) groups is 1. The van der Waals surface area contributed by atoms with E-state index in [4.69, 9.17) is 4.74 Å². The van der Waals surface area contributed by atoms with Crippen molar-refractivity contribution in [3.05, 3.63) is 35.4 Å². The molecule has 0 bridgehead atoms. The van der Waals surface area contributed by atoms with Crippen LogP contribution >= 0.6 is 0 Å². The van der Waals surface area contributed by atoms with Crippen molar-refractivity contribution in [2.45, 2.75) is 19.5 Å². The number of hydrogen-bond acceptors (Lipinski definition) is 3. The fourth-order valence-corrected chi connectivity index (χ4v) is 2.02. The fourth-order valence-electron chi connectivity index (χ4n) is 2.02. The first-order valence-corrected chi connectivity index (χ1v) is 8.36. The Kier molecular flexibility index (Phi) is 9.50. The lowest BCUT2D eigenvalue weighted by Gasteiger charge is -2.12. The monoisotopic (exact) mass is 374 g/mol. The minimum atomic E-state index is -4.41. The maximum absolute atomic E-state index is 12.5. The molecule has 0 heterocycles. The van der Waals surface area contributed by atoms with Crippen LogP contribution in [0.1, 0.15) is 29.3 Å². The number of benzene rings is 1. The third kappa shape index (κ3) is 8.19. The SMILES string of the molecule is CCOCCCNC(=NC)NCCNC(=O)c1ccc(C(F)(F)F)cc1. The number of nitrogens with zero attached hydrogens (tertiary/aromatic N) is 1. The molecular weight excluding hydrogens is 349 g/mol. The van der Waals surface area contributed by atoms with Crippen LogP contribution in [-0.2, 0) is 10.9 Å². The summed E-state index contributed by atoms with van der Waals surface area (Å²) in [6.07, 6.45) is -3.57. The number of halogens is 3. The van der Waals surface area contributed by atoms with Crippen LogP contribution in [0.4, 0.5) is 13.2 Å². The molecule has 146 valence electrons. The smallest absolute Gasteiger partial charge is 0.382 e. The van der Waals surface area contributed by atoms with Gasteiger partial charge >= 0.3 is 6.18 Å². The minimum absolute atomic E-state index is 0.177. The number of hydrogen-bond donors (Lipinski definition) is 3. The van der Waals surface area contributed by atoms with Gasteiger partial charge in [-0.2, -0.15) is 13.2 Å². The van der Waals surface area contributed by atoms with Crippen molar-refractivity contribution < 1.29 is 22.7 Å². The van der Waals surface area contributed by atoms with Gasteiger partial charge in [0.25, 0.3) is 5.91 Å². The van der Waals surface area contributed by atoms with E-state index >= 15 is 0 Å². The first-order chi connectivity index (χ1) is 12.4. The van der Waals surface area contributed by atoms with Gasteiger partial charge in [0.15, 0.2) is 5.96 Å². The van der Waals surface area contributed by atoms with Crippen LogP contribution < -0.4 is 16.0 Å². The zero-order valence-corrected chi connectivity index (χ0v) is 14.9. The van der Waals surface area contributed by atoms with Gasteiger partial charge in [-0.05, 0) is 37.6 Å². The van der Waals surface area contributed by atoms with E-state index in [2.05, 4.69) is 20.9 Å². The van der Waals surface area contributed by atoms with Crippen molar-refractivity contribution in [3.8, 4) is 0 Å². The zero-order chi connectivity index (χ0) is 19.4. The summed E-state index contributed by atoms with van der Waals surface area (Å²) < 4.78 is 42.7. The Bertz CT molecular complexity index is 574. The Morgan fingerprint density at radius 3 is 2.27 bits per heavy atom. The molecule has 26 heavy (non-hydrogen) atoms. The third-order valence-corrected chi connectivity index (χ3v) is 3.36. The average Bonchev–Trinajstić information content (AvgIpc) is 2.62. The van der Waals surface area contributed by atoms with Crippen molar-refractivity contribution in [3.63, 3.8) is 0 Å². The molecule has 0 saturated carbocycles. The van der Waals surface area contributed by atoms with E-state index < -0.39 is 17.6 Å². The molecule has 1 amide bonds. The molecular formula is C17H25F3N4O2. The van der Waals surface area contributed by atoms with E-state index in [1.165, 1.54) is 0 Å². The summed E-state index contributed by atoms with van der Waals surface area (Å²) in [5.74, 6) is 0.172. The Morgan fingerprint density at radius 2 is 1.69 bits per heavy atom. The summed E-state index contributed by atoms with van der Waals surface area (Å²) in [6.45, 7) is 4.73. The first-order valence-electron chi connectivity index (χ1n) is 8.36. The maximum Gasteiger partial charge on any atom is 0.416 e. The number of ether oxygens (including phenoxy) is 1. The van der Waals surface area contributed by atoms with Gasteiger partial charge in [-0.25, -0.2) is 0 Å². The van der Waals surface area contributed by atoms with E-state index in [-0.39, 0.29) is 5.56 Å². The maximum atomic E-state index is 12.5. The Labute approximate surface area is 151 Å². The highest BCUT2D eigenvalue weighted by Gasteiger charge is 2.30. The molecule has 0 saturated heterocycles. The molecule has 0 spiro atoms. The second kappa shape index (κ2) is 11.3. The quantitative estimate of drug-likeness (QED) is 0.351. The molecule has 9 heteroatoms. The van der Waals surface area contributed by atoms with Crippen LogP contribution in [0.25, 0.3) is 0 Å². The van der Waals surface area contributed by atoms with Gasteiger partial charge in [0.05, 0.1) is 5.56 Å². The molecule has 0 aliphatic carbocycles. The first kappa shape index (κ1) is 21.8. The van der Waals surface area contributed by atoms with Gasteiger partial charge in [0.1, 0.15) is 0 Å². The van der Waals surface area contributed by atoms with Crippen molar-refractivity contribution in [1.82, 2.24) is 16.0 Å². The van der Waals surface area contributed by atoms with E-state index in [9.17, 15) is 18.0 Å². The molecule has 0 fully saturated rings. The van der Waals surface area contributed by atoms with Gasteiger partial charge in [-0.3, -0.25) is 9.79 Å². The molecule has 0 aliphatic heterocycles. The number of amides is 1.